The van der Waals surface area contributed by atoms with Gasteiger partial charge in [0.05, 0.1) is 12.0 Å². The first-order valence-electron chi connectivity index (χ1n) is 6.70. The Morgan fingerprint density at radius 3 is 2.48 bits per heavy atom. The highest BCUT2D eigenvalue weighted by Crippen LogP contribution is 2.15. The summed E-state index contributed by atoms with van der Waals surface area (Å²) < 4.78 is 30.5. The van der Waals surface area contributed by atoms with Crippen LogP contribution in [-0.4, -0.2) is 33.8 Å². The zero-order valence-corrected chi connectivity index (χ0v) is 13.8. The molecule has 0 radical (unpaired) electrons. The zero-order valence-electron chi connectivity index (χ0n) is 13.0. The van der Waals surface area contributed by atoms with Gasteiger partial charge >= 0.3 is 0 Å². The van der Waals surface area contributed by atoms with Crippen LogP contribution in [0.25, 0.3) is 0 Å². The van der Waals surface area contributed by atoms with E-state index >= 15 is 0 Å². The van der Waals surface area contributed by atoms with Crippen LogP contribution >= 0.6 is 0 Å². The summed E-state index contributed by atoms with van der Waals surface area (Å²) in [6.45, 7) is 5.75. The molecule has 0 saturated carbocycles. The minimum Gasteiger partial charge on any atom is -0.339 e. The van der Waals surface area contributed by atoms with Crippen LogP contribution in [0.2, 0.25) is 0 Å². The number of nitrogens with zero attached hydrogens (tertiary/aromatic N) is 4. The van der Waals surface area contributed by atoms with Gasteiger partial charge in [0.25, 0.3) is 10.0 Å². The van der Waals surface area contributed by atoms with Gasteiger partial charge in [0.15, 0.2) is 5.03 Å². The van der Waals surface area contributed by atoms with Gasteiger partial charge in [-0.15, -0.1) is 0 Å². The van der Waals surface area contributed by atoms with Crippen molar-refractivity contribution >= 4 is 10.0 Å². The topological polar surface area (TPSA) is 81.8 Å². The van der Waals surface area contributed by atoms with Crippen LogP contribution in [0.1, 0.15) is 23.9 Å². The normalized spacial score (nSPS) is 13.6. The van der Waals surface area contributed by atoms with Gasteiger partial charge in [-0.3, -0.25) is 4.68 Å². The highest BCUT2D eigenvalue weighted by molar-refractivity contribution is 7.89. The molecule has 0 aliphatic carbocycles. The SMILES string of the molecule is Cc1nn(C)c(C)c1C[C@H](C)NS(=O)(=O)c1cn(C)cn1. The molecule has 2 aromatic rings. The van der Waals surface area contributed by atoms with E-state index in [1.165, 1.54) is 12.5 Å². The monoisotopic (exact) mass is 311 g/mol. The van der Waals surface area contributed by atoms with E-state index in [-0.39, 0.29) is 11.1 Å². The van der Waals surface area contributed by atoms with E-state index in [9.17, 15) is 8.42 Å². The molecule has 0 bridgehead atoms. The average molecular weight is 311 g/mol. The van der Waals surface area contributed by atoms with Gasteiger partial charge in [-0.05, 0) is 32.8 Å². The van der Waals surface area contributed by atoms with Crippen LogP contribution < -0.4 is 4.72 Å². The molecule has 2 heterocycles. The van der Waals surface area contributed by atoms with Crippen molar-refractivity contribution in [2.45, 2.75) is 38.3 Å². The molecule has 2 rings (SSSR count). The molecule has 2 aromatic heterocycles. The molecule has 21 heavy (non-hydrogen) atoms. The first-order chi connectivity index (χ1) is 9.70. The maximum Gasteiger partial charge on any atom is 0.259 e. The maximum atomic E-state index is 12.2. The Hall–Kier alpha value is -1.67. The van der Waals surface area contributed by atoms with Gasteiger partial charge in [0.1, 0.15) is 0 Å². The number of rotatable bonds is 5. The number of aromatic nitrogens is 4. The summed E-state index contributed by atoms with van der Waals surface area (Å²) in [5, 5.41) is 4.38. The molecule has 8 heteroatoms. The molecule has 0 fully saturated rings. The number of hydrogen-bond acceptors (Lipinski definition) is 4. The summed E-state index contributed by atoms with van der Waals surface area (Å²) in [5.41, 5.74) is 3.06. The fourth-order valence-electron chi connectivity index (χ4n) is 2.31. The van der Waals surface area contributed by atoms with Crippen molar-refractivity contribution in [1.82, 2.24) is 24.1 Å². The summed E-state index contributed by atoms with van der Waals surface area (Å²) in [6, 6.07) is -0.237. The van der Waals surface area contributed by atoms with Crippen LogP contribution in [0.4, 0.5) is 0 Å². The zero-order chi connectivity index (χ0) is 15.8. The van der Waals surface area contributed by atoms with Crippen LogP contribution in [0.15, 0.2) is 17.6 Å². The van der Waals surface area contributed by atoms with Gasteiger partial charge in [-0.1, -0.05) is 0 Å². The van der Waals surface area contributed by atoms with Crippen LogP contribution in [0.5, 0.6) is 0 Å². The Labute approximate surface area is 125 Å². The molecule has 0 saturated heterocycles. The Morgan fingerprint density at radius 1 is 1.33 bits per heavy atom. The van der Waals surface area contributed by atoms with E-state index in [0.29, 0.717) is 6.42 Å². The number of aryl methyl sites for hydroxylation is 3. The Bertz CT molecular complexity index is 745. The van der Waals surface area contributed by atoms with Gasteiger partial charge in [-0.2, -0.15) is 5.10 Å². The van der Waals surface area contributed by atoms with E-state index in [1.807, 2.05) is 32.5 Å². The second kappa shape index (κ2) is 5.61. The second-order valence-electron chi connectivity index (χ2n) is 5.38. The molecule has 7 nitrogen and oxygen atoms in total. The highest BCUT2D eigenvalue weighted by atomic mass is 32.2. The summed E-state index contributed by atoms with van der Waals surface area (Å²) in [6.07, 6.45) is 3.54. The van der Waals surface area contributed by atoms with Crippen molar-refractivity contribution in [2.75, 3.05) is 0 Å². The molecule has 0 aliphatic rings. The third-order valence-electron chi connectivity index (χ3n) is 3.48. The number of sulfonamides is 1. The number of nitrogens with one attached hydrogen (secondary N) is 1. The molecule has 0 amide bonds. The van der Waals surface area contributed by atoms with Crippen molar-refractivity contribution in [3.8, 4) is 0 Å². The van der Waals surface area contributed by atoms with E-state index in [2.05, 4.69) is 14.8 Å². The highest BCUT2D eigenvalue weighted by Gasteiger charge is 2.21. The predicted octanol–water partition coefficient (Wildman–Crippen LogP) is 0.680. The first-order valence-corrected chi connectivity index (χ1v) is 8.18. The second-order valence-corrected chi connectivity index (χ2v) is 7.04. The molecule has 0 unspecified atom stereocenters. The Kier molecular flexibility index (Phi) is 4.20. The van der Waals surface area contributed by atoms with Gasteiger partial charge in [0, 0.05) is 32.0 Å². The first kappa shape index (κ1) is 15.7. The standard InChI is InChI=1S/C13H21N5O2S/c1-9(6-12-10(2)15-18(5)11(12)3)16-21(19,20)13-7-17(4)8-14-13/h7-9,16H,6H2,1-5H3/t9-/m0/s1. The molecular formula is C13H21N5O2S. The molecule has 1 N–H and O–H groups in total. The van der Waals surface area contributed by atoms with Crippen molar-refractivity contribution in [2.24, 2.45) is 14.1 Å². The summed E-state index contributed by atoms with van der Waals surface area (Å²) in [5.74, 6) is 0. The van der Waals surface area contributed by atoms with E-state index in [4.69, 9.17) is 0 Å². The van der Waals surface area contributed by atoms with Crippen LogP contribution in [0.3, 0.4) is 0 Å². The largest absolute Gasteiger partial charge is 0.339 e. The van der Waals surface area contributed by atoms with Crippen molar-refractivity contribution in [1.29, 1.82) is 0 Å². The summed E-state index contributed by atoms with van der Waals surface area (Å²) >= 11 is 0. The number of imidazole rings is 1. The fraction of sp³-hybridized carbons (Fsp3) is 0.538. The maximum absolute atomic E-state index is 12.2. The van der Waals surface area contributed by atoms with Crippen molar-refractivity contribution in [3.63, 3.8) is 0 Å². The lowest BCUT2D eigenvalue weighted by atomic mass is 10.1. The third-order valence-corrected chi connectivity index (χ3v) is 4.96. The predicted molar refractivity (Wildman–Crippen MR) is 79.4 cm³/mol. The van der Waals surface area contributed by atoms with Crippen molar-refractivity contribution < 1.29 is 8.42 Å². The summed E-state index contributed by atoms with van der Waals surface area (Å²) in [7, 11) is 0.0306. The van der Waals surface area contributed by atoms with Gasteiger partial charge in [-0.25, -0.2) is 18.1 Å². The molecule has 116 valence electrons. The van der Waals surface area contributed by atoms with E-state index in [1.54, 1.807) is 11.6 Å². The lowest BCUT2D eigenvalue weighted by molar-refractivity contribution is 0.556. The van der Waals surface area contributed by atoms with Crippen molar-refractivity contribution in [3.05, 3.63) is 29.5 Å². The fourth-order valence-corrected chi connectivity index (χ4v) is 3.54. The third kappa shape index (κ3) is 3.33. The molecule has 1 atom stereocenters. The number of hydrogen-bond donors (Lipinski definition) is 1. The Balaban J connectivity index is 2.13. The van der Waals surface area contributed by atoms with Crippen LogP contribution in [0, 0.1) is 13.8 Å². The lowest BCUT2D eigenvalue weighted by Gasteiger charge is -2.13. The molecule has 0 aromatic carbocycles. The minimum atomic E-state index is -3.59. The van der Waals surface area contributed by atoms with E-state index < -0.39 is 10.0 Å². The Morgan fingerprint density at radius 2 is 2.00 bits per heavy atom. The summed E-state index contributed by atoms with van der Waals surface area (Å²) in [4.78, 5) is 3.88. The van der Waals surface area contributed by atoms with E-state index in [0.717, 1.165) is 17.0 Å². The lowest BCUT2D eigenvalue weighted by Crippen LogP contribution is -2.34. The van der Waals surface area contributed by atoms with Crippen LogP contribution in [-0.2, 0) is 30.5 Å². The molecule has 0 spiro atoms. The average Bonchev–Trinajstić information content (AvgIpc) is 2.89. The molecular weight excluding hydrogens is 290 g/mol. The van der Waals surface area contributed by atoms with Gasteiger partial charge in [0.2, 0.25) is 0 Å². The molecule has 0 aliphatic heterocycles. The van der Waals surface area contributed by atoms with Gasteiger partial charge < -0.3 is 4.57 Å². The minimum absolute atomic E-state index is 0.0384. The smallest absolute Gasteiger partial charge is 0.259 e. The quantitative estimate of drug-likeness (QED) is 0.880.